The Balaban J connectivity index is 1.73. The second kappa shape index (κ2) is 5.30. The van der Waals surface area contributed by atoms with Crippen LogP contribution in [-0.4, -0.2) is 38.8 Å². The van der Waals surface area contributed by atoms with Gasteiger partial charge in [0.05, 0.1) is 6.42 Å². The lowest BCUT2D eigenvalue weighted by molar-refractivity contribution is -0.140. The number of rotatable bonds is 3. The van der Waals surface area contributed by atoms with E-state index in [-0.39, 0.29) is 24.3 Å². The fraction of sp³-hybridized carbons (Fsp3) is 0.294. The second-order valence-electron chi connectivity index (χ2n) is 6.10. The molecule has 122 valence electrons. The van der Waals surface area contributed by atoms with E-state index in [4.69, 9.17) is 4.42 Å². The number of amides is 2. The lowest BCUT2D eigenvalue weighted by Gasteiger charge is -2.19. The average molecular weight is 324 g/mol. The monoisotopic (exact) mass is 324 g/mol. The van der Waals surface area contributed by atoms with Crippen LogP contribution < -0.4 is 5.32 Å². The number of carbonyl (C=O) groups excluding carboxylic acids is 2. The number of imide groups is 1. The number of furan rings is 1. The van der Waals surface area contributed by atoms with E-state index in [0.717, 1.165) is 5.39 Å². The Labute approximate surface area is 137 Å². The summed E-state index contributed by atoms with van der Waals surface area (Å²) in [6.07, 6.45) is 1.54. The number of benzene rings is 1. The molecule has 0 bridgehead atoms. The minimum absolute atomic E-state index is 0.114. The molecule has 0 aliphatic carbocycles. The minimum Gasteiger partial charge on any atom is -0.450 e. The van der Waals surface area contributed by atoms with Crippen molar-refractivity contribution in [3.63, 3.8) is 0 Å². The number of nitrogens with one attached hydrogen (secondary N) is 1. The molecule has 1 saturated heterocycles. The van der Waals surface area contributed by atoms with Gasteiger partial charge < -0.3 is 9.73 Å². The molecular weight excluding hydrogens is 308 g/mol. The van der Waals surface area contributed by atoms with Crippen LogP contribution in [0.4, 0.5) is 5.82 Å². The predicted molar refractivity (Wildman–Crippen MR) is 88.3 cm³/mol. The fourth-order valence-corrected chi connectivity index (χ4v) is 3.10. The van der Waals surface area contributed by atoms with Crippen molar-refractivity contribution in [2.45, 2.75) is 32.4 Å². The van der Waals surface area contributed by atoms with Crippen LogP contribution in [0.25, 0.3) is 22.1 Å². The highest BCUT2D eigenvalue weighted by Crippen LogP contribution is 2.31. The van der Waals surface area contributed by atoms with E-state index < -0.39 is 6.04 Å². The van der Waals surface area contributed by atoms with Gasteiger partial charge in [0.25, 0.3) is 5.91 Å². The summed E-state index contributed by atoms with van der Waals surface area (Å²) < 4.78 is 5.83. The van der Waals surface area contributed by atoms with Crippen LogP contribution in [0.5, 0.6) is 0 Å². The Kier molecular flexibility index (Phi) is 3.23. The summed E-state index contributed by atoms with van der Waals surface area (Å²) in [4.78, 5) is 34.2. The maximum atomic E-state index is 12.4. The third-order valence-corrected chi connectivity index (χ3v) is 4.17. The van der Waals surface area contributed by atoms with Crippen LogP contribution in [0.1, 0.15) is 20.3 Å². The molecule has 3 aromatic rings. The SMILES string of the molecule is CC(C)N1C(=O)CC(Nc2ncnc3c2oc2ccccc23)C1=O. The van der Waals surface area contributed by atoms with E-state index in [1.165, 1.54) is 11.2 Å². The van der Waals surface area contributed by atoms with Crippen molar-refractivity contribution in [1.82, 2.24) is 14.9 Å². The Bertz CT molecular complexity index is 963. The molecule has 24 heavy (non-hydrogen) atoms. The molecule has 1 aliphatic rings. The third-order valence-electron chi connectivity index (χ3n) is 4.17. The molecule has 0 radical (unpaired) electrons. The Morgan fingerprint density at radius 2 is 2.04 bits per heavy atom. The van der Waals surface area contributed by atoms with Gasteiger partial charge in [-0.25, -0.2) is 9.97 Å². The van der Waals surface area contributed by atoms with E-state index in [1.54, 1.807) is 0 Å². The van der Waals surface area contributed by atoms with E-state index in [1.807, 2.05) is 38.1 Å². The quantitative estimate of drug-likeness (QED) is 0.744. The van der Waals surface area contributed by atoms with Crippen molar-refractivity contribution < 1.29 is 14.0 Å². The van der Waals surface area contributed by atoms with Gasteiger partial charge in [-0.05, 0) is 26.0 Å². The molecule has 1 aromatic carbocycles. The number of fused-ring (bicyclic) bond motifs is 3. The van der Waals surface area contributed by atoms with E-state index >= 15 is 0 Å². The number of nitrogens with zero attached hydrogens (tertiary/aromatic N) is 3. The summed E-state index contributed by atoms with van der Waals surface area (Å²) in [5, 5.41) is 3.94. The van der Waals surface area contributed by atoms with Crippen LogP contribution in [0.15, 0.2) is 35.0 Å². The molecule has 7 heteroatoms. The number of para-hydroxylation sites is 1. The summed E-state index contributed by atoms with van der Waals surface area (Å²) in [5.74, 6) is 0.00763. The van der Waals surface area contributed by atoms with Crippen LogP contribution in [0.3, 0.4) is 0 Å². The standard InChI is InChI=1S/C17H16N4O3/c1-9(2)21-13(22)7-11(17(21)23)20-16-15-14(18-8-19-16)10-5-3-4-6-12(10)24-15/h3-6,8-9,11H,7H2,1-2H3,(H,18,19,20). The number of aromatic nitrogens is 2. The molecule has 1 fully saturated rings. The highest BCUT2D eigenvalue weighted by Gasteiger charge is 2.40. The van der Waals surface area contributed by atoms with Crippen LogP contribution in [0, 0.1) is 0 Å². The van der Waals surface area contributed by atoms with Gasteiger partial charge in [0.15, 0.2) is 11.4 Å². The zero-order valence-corrected chi connectivity index (χ0v) is 13.3. The second-order valence-corrected chi connectivity index (χ2v) is 6.10. The molecule has 2 aromatic heterocycles. The number of hydrogen-bond acceptors (Lipinski definition) is 6. The predicted octanol–water partition coefficient (Wildman–Crippen LogP) is 2.32. The Morgan fingerprint density at radius 1 is 1.25 bits per heavy atom. The Hall–Kier alpha value is -2.96. The number of hydrogen-bond donors (Lipinski definition) is 1. The molecule has 0 spiro atoms. The molecule has 1 atom stereocenters. The first-order valence-corrected chi connectivity index (χ1v) is 7.81. The first kappa shape index (κ1) is 14.6. The van der Waals surface area contributed by atoms with Gasteiger partial charge in [-0.2, -0.15) is 0 Å². The highest BCUT2D eigenvalue weighted by molar-refractivity contribution is 6.09. The van der Waals surface area contributed by atoms with Gasteiger partial charge in [-0.1, -0.05) is 12.1 Å². The van der Waals surface area contributed by atoms with Gasteiger partial charge >= 0.3 is 0 Å². The van der Waals surface area contributed by atoms with Crippen LogP contribution in [0.2, 0.25) is 0 Å². The molecule has 4 rings (SSSR count). The number of likely N-dealkylation sites (tertiary alicyclic amines) is 1. The fourth-order valence-electron chi connectivity index (χ4n) is 3.10. The summed E-state index contributed by atoms with van der Waals surface area (Å²) >= 11 is 0. The first-order valence-electron chi connectivity index (χ1n) is 7.81. The highest BCUT2D eigenvalue weighted by atomic mass is 16.3. The molecule has 7 nitrogen and oxygen atoms in total. The lowest BCUT2D eigenvalue weighted by Crippen LogP contribution is -2.39. The van der Waals surface area contributed by atoms with Crippen molar-refractivity contribution >= 4 is 39.7 Å². The molecular formula is C17H16N4O3. The van der Waals surface area contributed by atoms with E-state index in [9.17, 15) is 9.59 Å². The zero-order valence-electron chi connectivity index (χ0n) is 13.3. The lowest BCUT2D eigenvalue weighted by atomic mass is 10.2. The summed E-state index contributed by atoms with van der Waals surface area (Å²) in [7, 11) is 0. The summed E-state index contributed by atoms with van der Waals surface area (Å²) in [6, 6.07) is 6.77. The van der Waals surface area contributed by atoms with E-state index in [0.29, 0.717) is 22.5 Å². The van der Waals surface area contributed by atoms with Crippen LogP contribution in [-0.2, 0) is 9.59 Å². The topological polar surface area (TPSA) is 88.3 Å². The van der Waals surface area contributed by atoms with Crippen molar-refractivity contribution in [3.8, 4) is 0 Å². The molecule has 2 amide bonds. The molecule has 1 aliphatic heterocycles. The molecule has 1 unspecified atom stereocenters. The maximum Gasteiger partial charge on any atom is 0.252 e. The molecule has 1 N–H and O–H groups in total. The summed E-state index contributed by atoms with van der Waals surface area (Å²) in [6.45, 7) is 3.64. The van der Waals surface area contributed by atoms with Crippen LogP contribution >= 0.6 is 0 Å². The third kappa shape index (κ3) is 2.12. The molecule has 3 heterocycles. The average Bonchev–Trinajstić information content (AvgIpc) is 3.06. The van der Waals surface area contributed by atoms with Gasteiger partial charge in [0.2, 0.25) is 5.91 Å². The van der Waals surface area contributed by atoms with Crippen molar-refractivity contribution in [2.24, 2.45) is 0 Å². The first-order chi connectivity index (χ1) is 11.6. The van der Waals surface area contributed by atoms with Gasteiger partial charge in [0.1, 0.15) is 23.5 Å². The van der Waals surface area contributed by atoms with E-state index in [2.05, 4.69) is 15.3 Å². The normalized spacial score (nSPS) is 18.3. The van der Waals surface area contributed by atoms with Crippen molar-refractivity contribution in [2.75, 3.05) is 5.32 Å². The smallest absolute Gasteiger partial charge is 0.252 e. The minimum atomic E-state index is -0.633. The molecule has 0 saturated carbocycles. The maximum absolute atomic E-state index is 12.4. The van der Waals surface area contributed by atoms with Gasteiger partial charge in [0, 0.05) is 11.4 Å². The zero-order chi connectivity index (χ0) is 16.8. The largest absolute Gasteiger partial charge is 0.450 e. The number of anilines is 1. The van der Waals surface area contributed by atoms with Crippen molar-refractivity contribution in [1.29, 1.82) is 0 Å². The van der Waals surface area contributed by atoms with Gasteiger partial charge in [-0.3, -0.25) is 14.5 Å². The van der Waals surface area contributed by atoms with Gasteiger partial charge in [-0.15, -0.1) is 0 Å². The number of carbonyl (C=O) groups is 2. The Morgan fingerprint density at radius 3 is 2.79 bits per heavy atom. The summed E-state index contributed by atoms with van der Waals surface area (Å²) in [5.41, 5.74) is 1.87. The van der Waals surface area contributed by atoms with Crippen molar-refractivity contribution in [3.05, 3.63) is 30.6 Å².